The van der Waals surface area contributed by atoms with E-state index in [1.807, 2.05) is 26.0 Å². The van der Waals surface area contributed by atoms with Crippen molar-refractivity contribution in [2.75, 3.05) is 26.7 Å². The minimum atomic E-state index is -0.386. The number of benzene rings is 2. The Morgan fingerprint density at radius 1 is 1.21 bits per heavy atom. The van der Waals surface area contributed by atoms with Crippen molar-refractivity contribution in [2.24, 2.45) is 4.99 Å². The van der Waals surface area contributed by atoms with Gasteiger partial charge in [-0.25, -0.2) is 9.38 Å². The van der Waals surface area contributed by atoms with E-state index in [1.165, 1.54) is 6.07 Å². The van der Waals surface area contributed by atoms with Gasteiger partial charge in [-0.15, -0.1) is 0 Å². The Hall–Kier alpha value is -2.96. The van der Waals surface area contributed by atoms with Crippen molar-refractivity contribution in [3.05, 3.63) is 53.8 Å². The molecular weight excluding hydrogens is 361 g/mol. The molecule has 2 aromatic carbocycles. The van der Waals surface area contributed by atoms with Gasteiger partial charge in [0.25, 0.3) is 0 Å². The average Bonchev–Trinajstić information content (AvgIpc) is 2.69. The lowest BCUT2D eigenvalue weighted by Crippen LogP contribution is -2.39. The summed E-state index contributed by atoms with van der Waals surface area (Å²) < 4.78 is 24.4. The number of aliphatic imine (C=N–C) groups is 1. The third-order valence-electron chi connectivity index (χ3n) is 3.99. The van der Waals surface area contributed by atoms with Crippen LogP contribution in [0.4, 0.5) is 4.39 Å². The molecular formula is C21H28FN3O3. The van der Waals surface area contributed by atoms with Crippen molar-refractivity contribution >= 4 is 5.96 Å². The fourth-order valence-electron chi connectivity index (χ4n) is 2.55. The van der Waals surface area contributed by atoms with Crippen molar-refractivity contribution in [1.29, 1.82) is 0 Å². The summed E-state index contributed by atoms with van der Waals surface area (Å²) in [7, 11) is 1.56. The van der Waals surface area contributed by atoms with E-state index in [2.05, 4.69) is 15.6 Å². The molecule has 0 aromatic heterocycles. The number of nitrogens with zero attached hydrogens (tertiary/aromatic N) is 1. The van der Waals surface area contributed by atoms with E-state index in [1.54, 1.807) is 31.4 Å². The van der Waals surface area contributed by atoms with Crippen molar-refractivity contribution in [3.63, 3.8) is 0 Å². The smallest absolute Gasteiger partial charge is 0.191 e. The van der Waals surface area contributed by atoms with E-state index in [9.17, 15) is 9.50 Å². The van der Waals surface area contributed by atoms with E-state index < -0.39 is 0 Å². The zero-order valence-corrected chi connectivity index (χ0v) is 16.5. The Labute approximate surface area is 165 Å². The van der Waals surface area contributed by atoms with Gasteiger partial charge in [0.05, 0.1) is 13.7 Å². The number of para-hydroxylation sites is 1. The number of nitrogens with one attached hydrogen (secondary N) is 2. The third kappa shape index (κ3) is 6.64. The number of halogens is 1. The van der Waals surface area contributed by atoms with Crippen LogP contribution in [0, 0.1) is 5.82 Å². The molecule has 0 spiro atoms. The molecule has 152 valence electrons. The monoisotopic (exact) mass is 389 g/mol. The first-order chi connectivity index (χ1) is 13.5. The maximum atomic E-state index is 13.7. The number of methoxy groups -OCH3 is 1. The van der Waals surface area contributed by atoms with Gasteiger partial charge in [-0.2, -0.15) is 0 Å². The van der Waals surface area contributed by atoms with Gasteiger partial charge in [0.2, 0.25) is 0 Å². The molecule has 3 N–H and O–H groups in total. The number of hydrogen-bond donors (Lipinski definition) is 3. The number of phenols is 1. The molecule has 0 bridgehead atoms. The summed E-state index contributed by atoms with van der Waals surface area (Å²) in [5, 5.41) is 16.4. The lowest BCUT2D eigenvalue weighted by atomic mass is 10.1. The first-order valence-corrected chi connectivity index (χ1v) is 9.32. The van der Waals surface area contributed by atoms with Crippen LogP contribution in [0.2, 0.25) is 0 Å². The first kappa shape index (κ1) is 21.3. The summed E-state index contributed by atoms with van der Waals surface area (Å²) >= 11 is 0. The fraction of sp³-hybridized carbons (Fsp3) is 0.381. The van der Waals surface area contributed by atoms with Crippen molar-refractivity contribution in [3.8, 4) is 17.2 Å². The quantitative estimate of drug-likeness (QED) is 0.454. The molecule has 0 heterocycles. The Balaban J connectivity index is 1.87. The highest BCUT2D eigenvalue weighted by molar-refractivity contribution is 5.79. The summed E-state index contributed by atoms with van der Waals surface area (Å²) in [4.78, 5) is 4.48. The molecule has 6 nitrogen and oxygen atoms in total. The Bertz CT molecular complexity index is 783. The van der Waals surface area contributed by atoms with Crippen LogP contribution in [0.3, 0.4) is 0 Å². The van der Waals surface area contributed by atoms with Gasteiger partial charge in [0.15, 0.2) is 17.5 Å². The topological polar surface area (TPSA) is 75.1 Å². The molecule has 1 unspecified atom stereocenters. The van der Waals surface area contributed by atoms with Crippen LogP contribution in [0.1, 0.15) is 19.4 Å². The Kier molecular flexibility index (Phi) is 8.39. The second-order valence-corrected chi connectivity index (χ2v) is 6.25. The normalized spacial score (nSPS) is 12.4. The number of aromatic hydroxyl groups is 1. The zero-order valence-electron chi connectivity index (χ0n) is 16.5. The van der Waals surface area contributed by atoms with Gasteiger partial charge in [-0.1, -0.05) is 18.2 Å². The summed E-state index contributed by atoms with van der Waals surface area (Å²) in [6.07, 6.45) is 0.347. The van der Waals surface area contributed by atoms with Crippen LogP contribution in [0.25, 0.3) is 0 Å². The van der Waals surface area contributed by atoms with Crippen LogP contribution in [0.5, 0.6) is 17.2 Å². The van der Waals surface area contributed by atoms with E-state index in [-0.39, 0.29) is 23.4 Å². The van der Waals surface area contributed by atoms with Gasteiger partial charge < -0.3 is 25.2 Å². The molecule has 0 fully saturated rings. The maximum absolute atomic E-state index is 13.7. The van der Waals surface area contributed by atoms with E-state index in [0.29, 0.717) is 37.8 Å². The number of ether oxygens (including phenoxy) is 2. The molecule has 0 amide bonds. The highest BCUT2D eigenvalue weighted by atomic mass is 19.1. The van der Waals surface area contributed by atoms with Crippen molar-refractivity contribution in [1.82, 2.24) is 10.6 Å². The molecule has 0 aliphatic heterocycles. The first-order valence-electron chi connectivity index (χ1n) is 9.32. The van der Waals surface area contributed by atoms with Crippen LogP contribution in [0.15, 0.2) is 47.5 Å². The lowest BCUT2D eigenvalue weighted by Gasteiger charge is -2.15. The molecule has 0 aliphatic rings. The number of rotatable bonds is 9. The number of guanidine groups is 1. The minimum Gasteiger partial charge on any atom is -0.508 e. The SMILES string of the molecule is CCNC(=NCC(C)Oc1ccccc1F)NCCc1ccc(OC)cc1O. The summed E-state index contributed by atoms with van der Waals surface area (Å²) in [6, 6.07) is 11.6. The third-order valence-corrected chi connectivity index (χ3v) is 3.99. The molecule has 0 radical (unpaired) electrons. The van der Waals surface area contributed by atoms with E-state index in [4.69, 9.17) is 9.47 Å². The second-order valence-electron chi connectivity index (χ2n) is 6.25. The van der Waals surface area contributed by atoms with Gasteiger partial charge in [0.1, 0.15) is 17.6 Å². The molecule has 7 heteroatoms. The fourth-order valence-corrected chi connectivity index (χ4v) is 2.55. The zero-order chi connectivity index (χ0) is 20.4. The van der Waals surface area contributed by atoms with E-state index >= 15 is 0 Å². The summed E-state index contributed by atoms with van der Waals surface area (Å²) in [6.45, 7) is 5.49. The molecule has 28 heavy (non-hydrogen) atoms. The van der Waals surface area contributed by atoms with Crippen molar-refractivity contribution < 1.29 is 19.0 Å². The maximum Gasteiger partial charge on any atom is 0.191 e. The van der Waals surface area contributed by atoms with Gasteiger partial charge in [0, 0.05) is 19.2 Å². The predicted molar refractivity (Wildman–Crippen MR) is 109 cm³/mol. The standard InChI is InChI=1S/C21H28FN3O3/c1-4-23-21(24-12-11-16-9-10-17(27-3)13-19(16)26)25-14-15(2)28-20-8-6-5-7-18(20)22/h5-10,13,15,26H,4,11-12,14H2,1-3H3,(H2,23,24,25). The summed E-state index contributed by atoms with van der Waals surface area (Å²) in [5.41, 5.74) is 0.820. The lowest BCUT2D eigenvalue weighted by molar-refractivity contribution is 0.220. The second kappa shape index (κ2) is 11.0. The molecule has 0 aliphatic carbocycles. The van der Waals surface area contributed by atoms with Gasteiger partial charge >= 0.3 is 0 Å². The van der Waals surface area contributed by atoms with Crippen LogP contribution < -0.4 is 20.1 Å². The molecule has 2 aromatic rings. The Morgan fingerprint density at radius 2 is 2.00 bits per heavy atom. The molecule has 2 rings (SSSR count). The van der Waals surface area contributed by atoms with Gasteiger partial charge in [-0.3, -0.25) is 0 Å². The van der Waals surface area contributed by atoms with Crippen LogP contribution in [-0.2, 0) is 6.42 Å². The number of phenolic OH excluding ortho intramolecular Hbond substituents is 1. The molecule has 0 saturated heterocycles. The van der Waals surface area contributed by atoms with Crippen LogP contribution in [-0.4, -0.2) is 43.9 Å². The highest BCUT2D eigenvalue weighted by Gasteiger charge is 2.08. The molecule has 0 saturated carbocycles. The largest absolute Gasteiger partial charge is 0.508 e. The minimum absolute atomic E-state index is 0.204. The van der Waals surface area contributed by atoms with E-state index in [0.717, 1.165) is 5.56 Å². The Morgan fingerprint density at radius 3 is 2.68 bits per heavy atom. The van der Waals surface area contributed by atoms with Crippen LogP contribution >= 0.6 is 0 Å². The van der Waals surface area contributed by atoms with Crippen molar-refractivity contribution in [2.45, 2.75) is 26.4 Å². The average molecular weight is 389 g/mol. The summed E-state index contributed by atoms with van der Waals surface area (Å²) in [5.74, 6) is 1.29. The molecule has 1 atom stereocenters. The predicted octanol–water partition coefficient (Wildman–Crippen LogP) is 3.11. The van der Waals surface area contributed by atoms with Gasteiger partial charge in [-0.05, 0) is 44.0 Å². The number of hydrogen-bond acceptors (Lipinski definition) is 4. The highest BCUT2D eigenvalue weighted by Crippen LogP contribution is 2.23.